The number of aliphatic hydroxyl groups excluding tert-OH is 1. The van der Waals surface area contributed by atoms with E-state index in [0.717, 1.165) is 25.9 Å². The molecule has 44 heavy (non-hydrogen) atoms. The fraction of sp³-hybridized carbons (Fsp3) is 0.949. The van der Waals surface area contributed by atoms with E-state index in [-0.39, 0.29) is 42.0 Å². The number of aliphatic hydroxyl groups is 1. The minimum Gasteiger partial charge on any atom is -1.00 e. The predicted molar refractivity (Wildman–Crippen MR) is 186 cm³/mol. The second kappa shape index (κ2) is 39.8. The number of hydrogen-bond acceptors (Lipinski definition) is 2. The second-order valence-electron chi connectivity index (χ2n) is 14.0. The Morgan fingerprint density at radius 1 is 0.432 bits per heavy atom. The van der Waals surface area contributed by atoms with E-state index in [1.54, 1.807) is 6.20 Å². The van der Waals surface area contributed by atoms with Crippen molar-refractivity contribution in [3.05, 3.63) is 12.1 Å². The van der Waals surface area contributed by atoms with E-state index < -0.39 is 5.95 Å². The first-order chi connectivity index (χ1) is 20.5. The van der Waals surface area contributed by atoms with Crippen LogP contribution in [0.1, 0.15) is 219 Å². The quantitative estimate of drug-likeness (QED) is 0.0360. The van der Waals surface area contributed by atoms with Gasteiger partial charge in [0.1, 0.15) is 12.1 Å². The van der Waals surface area contributed by atoms with Gasteiger partial charge in [0.25, 0.3) is 0 Å². The predicted octanol–water partition coefficient (Wildman–Crippen LogP) is 6.68. The van der Waals surface area contributed by atoms with Gasteiger partial charge in [-0.3, -0.25) is 4.48 Å². The van der Waals surface area contributed by atoms with Crippen LogP contribution in [0.15, 0.2) is 12.1 Å². The number of halogens is 1. The molecular weight excluding hydrogens is 573 g/mol. The van der Waals surface area contributed by atoms with E-state index in [2.05, 4.69) is 20.9 Å². The van der Waals surface area contributed by atoms with Gasteiger partial charge in [0.15, 0.2) is 0 Å². The number of quaternary nitrogens is 1. The smallest absolute Gasteiger partial charge is 1.00 e. The monoisotopic (exact) mass is 652 g/mol. The molecule has 0 amide bonds. The topological polar surface area (TPSA) is 43.3 Å². The first kappa shape index (κ1) is 49.0. The van der Waals surface area contributed by atoms with Crippen molar-refractivity contribution >= 4 is 0 Å². The van der Waals surface area contributed by atoms with Gasteiger partial charge in [-0.2, -0.15) is 0 Å². The van der Waals surface area contributed by atoms with E-state index in [1.165, 1.54) is 193 Å². The summed E-state index contributed by atoms with van der Waals surface area (Å²) in [5.74, 6) is -0.759. The molecule has 5 heteroatoms. The Labute approximate surface area is 306 Å². The molecule has 0 saturated carbocycles. The Bertz CT molecular complexity index is 520. The molecule has 0 aromatic heterocycles. The Balaban J connectivity index is -0.00000840. The molecule has 0 aliphatic rings. The minimum absolute atomic E-state index is 0. The van der Waals surface area contributed by atoms with Crippen molar-refractivity contribution in [2.45, 2.75) is 219 Å². The van der Waals surface area contributed by atoms with Gasteiger partial charge in [0, 0.05) is 0 Å². The average molecular weight is 653 g/mol. The van der Waals surface area contributed by atoms with Crippen LogP contribution in [-0.4, -0.2) is 29.7 Å². The molecule has 0 aromatic carbocycles. The molecule has 0 heterocycles. The van der Waals surface area contributed by atoms with Gasteiger partial charge in [-0.15, -0.1) is 0 Å². The van der Waals surface area contributed by atoms with E-state index in [4.69, 9.17) is 0 Å². The minimum atomic E-state index is -0.759. The maximum atomic E-state index is 11.5. The molecule has 0 spiro atoms. The van der Waals surface area contributed by atoms with Gasteiger partial charge in [-0.05, 0) is 25.7 Å². The molecule has 0 radical (unpaired) electrons. The molecule has 0 rings (SSSR count). The van der Waals surface area contributed by atoms with E-state index >= 15 is 0 Å². The zero-order valence-electron chi connectivity index (χ0n) is 30.8. The zero-order valence-corrected chi connectivity index (χ0v) is 33.6. The molecule has 0 bridgehead atoms. The Kier molecular flexibility index (Phi) is 44.3. The summed E-state index contributed by atoms with van der Waals surface area (Å²) in [7, 11) is 2.13. The summed E-state index contributed by atoms with van der Waals surface area (Å²) in [6.07, 6.45) is 45.7. The molecule has 1 N–H and O–H groups in total. The summed E-state index contributed by atoms with van der Waals surface area (Å²) < 4.78 is 0.604. The van der Waals surface area contributed by atoms with Gasteiger partial charge in [-0.1, -0.05) is 194 Å². The van der Waals surface area contributed by atoms with E-state index in [1.807, 2.05) is 0 Å². The second-order valence-corrected chi connectivity index (χ2v) is 14.0. The fourth-order valence-electron chi connectivity index (χ4n) is 6.55. The van der Waals surface area contributed by atoms with E-state index in [0.29, 0.717) is 4.48 Å². The third-order valence-corrected chi connectivity index (χ3v) is 9.47. The number of unbranched alkanes of at least 4 members (excludes halogenated alkanes) is 30. The Morgan fingerprint density at radius 3 is 0.795 bits per heavy atom. The maximum absolute atomic E-state index is 11.5. The number of rotatable bonds is 35. The molecule has 0 atom stereocenters. The average Bonchev–Trinajstić information content (AvgIpc) is 2.96. The summed E-state index contributed by atoms with van der Waals surface area (Å²) in [4.78, 5) is 0. The van der Waals surface area contributed by atoms with Gasteiger partial charge >= 0.3 is 29.6 Å². The summed E-state index contributed by atoms with van der Waals surface area (Å²) in [6, 6.07) is 0. The van der Waals surface area contributed by atoms with Gasteiger partial charge in [0.2, 0.25) is 0 Å². The van der Waals surface area contributed by atoms with Crippen molar-refractivity contribution in [1.29, 1.82) is 0 Å². The third-order valence-electron chi connectivity index (χ3n) is 9.47. The molecule has 0 saturated heterocycles. The third kappa shape index (κ3) is 38.8. The van der Waals surface area contributed by atoms with Crippen LogP contribution in [0.25, 0.3) is 0 Å². The Morgan fingerprint density at radius 2 is 0.614 bits per heavy atom. The molecule has 0 aliphatic heterocycles. The van der Waals surface area contributed by atoms with Crippen LogP contribution >= 0.6 is 0 Å². The van der Waals surface area contributed by atoms with Gasteiger partial charge in [0.05, 0.1) is 20.1 Å². The molecule has 3 nitrogen and oxygen atoms in total. The maximum Gasteiger partial charge on any atom is 1.00 e. The molecule has 0 aliphatic carbocycles. The first-order valence-electron chi connectivity index (χ1n) is 19.5. The summed E-state index contributed by atoms with van der Waals surface area (Å²) in [5.41, 5.74) is 0. The van der Waals surface area contributed by atoms with Crippen LogP contribution < -0.4 is 47.1 Å². The van der Waals surface area contributed by atoms with Crippen LogP contribution in [0, 0.1) is 0 Å². The SMILES string of the molecule is CCCCCCCCCCCCCCCCCC[N+](C)(/C=C(\[O-])O)CCCCCCCCCCCCCCCCCC.[Cl-].[Na+]. The summed E-state index contributed by atoms with van der Waals surface area (Å²) in [5, 5.41) is 20.9. The summed E-state index contributed by atoms with van der Waals surface area (Å²) >= 11 is 0. The van der Waals surface area contributed by atoms with Crippen LogP contribution in [0.3, 0.4) is 0 Å². The van der Waals surface area contributed by atoms with Crippen molar-refractivity contribution in [2.24, 2.45) is 0 Å². The first-order valence-corrected chi connectivity index (χ1v) is 19.5. The molecule has 260 valence electrons. The number of nitrogens with zero attached hydrogens (tertiary/aromatic N) is 1. The van der Waals surface area contributed by atoms with Crippen LogP contribution in [0.4, 0.5) is 0 Å². The normalized spacial score (nSPS) is 11.8. The summed E-state index contributed by atoms with van der Waals surface area (Å²) in [6.45, 7) is 6.53. The fourth-order valence-corrected chi connectivity index (χ4v) is 6.55. The van der Waals surface area contributed by atoms with Gasteiger partial charge < -0.3 is 22.6 Å². The Hall–Kier alpha value is 0.590. The largest absolute Gasteiger partial charge is 1.00 e. The molecule has 0 aromatic rings. The van der Waals surface area contributed by atoms with Crippen LogP contribution in [-0.2, 0) is 0 Å². The van der Waals surface area contributed by atoms with Crippen molar-refractivity contribution in [1.82, 2.24) is 0 Å². The van der Waals surface area contributed by atoms with Crippen molar-refractivity contribution < 1.29 is 56.7 Å². The molecular formula is C39H79ClNNaO2. The van der Waals surface area contributed by atoms with Crippen molar-refractivity contribution in [3.8, 4) is 0 Å². The van der Waals surface area contributed by atoms with E-state index in [9.17, 15) is 10.2 Å². The van der Waals surface area contributed by atoms with Crippen LogP contribution in [0.2, 0.25) is 0 Å². The van der Waals surface area contributed by atoms with Crippen molar-refractivity contribution in [2.75, 3.05) is 20.1 Å². The van der Waals surface area contributed by atoms with Crippen LogP contribution in [0.5, 0.6) is 0 Å². The molecule has 0 unspecified atom stereocenters. The number of hydrogen-bond donors (Lipinski definition) is 1. The molecule has 0 fully saturated rings. The zero-order chi connectivity index (χ0) is 30.8. The van der Waals surface area contributed by atoms with Crippen molar-refractivity contribution in [3.63, 3.8) is 0 Å². The van der Waals surface area contributed by atoms with Gasteiger partial charge in [-0.25, -0.2) is 0 Å². The standard InChI is InChI=1S/C39H79NO2.ClH.Na/c1-4-6-8-10-12-14-16-18-20-22-24-26-28-30-32-34-36-40(3,38-39(41)42)37-35-33-31-29-27-25-23-21-19-17-15-13-11-9-7-5-2;;/h38H,4-37H2,1-3H3,(H-,41,42);1H;/q;;+1/p-1.